The van der Waals surface area contributed by atoms with E-state index in [1.165, 1.54) is 35.2 Å². The molecule has 0 bridgehead atoms. The molecule has 0 spiro atoms. The van der Waals surface area contributed by atoms with Gasteiger partial charge in [0.2, 0.25) is 0 Å². The highest BCUT2D eigenvalue weighted by Crippen LogP contribution is 2.27. The number of carboxylic acid groups (broad SMARTS) is 1. The van der Waals surface area contributed by atoms with Crippen LogP contribution in [0.1, 0.15) is 27.3 Å². The lowest BCUT2D eigenvalue weighted by atomic mass is 10.3. The topological polar surface area (TPSA) is 50.2 Å². The van der Waals surface area contributed by atoms with Crippen molar-refractivity contribution in [1.82, 2.24) is 4.98 Å². The highest BCUT2D eigenvalue weighted by Gasteiger charge is 2.15. The minimum atomic E-state index is -0.924. The second kappa shape index (κ2) is 6.16. The van der Waals surface area contributed by atoms with Gasteiger partial charge in [-0.15, -0.1) is 23.1 Å². The maximum Gasteiger partial charge on any atom is 0.347 e. The average Bonchev–Trinajstić information content (AvgIpc) is 2.81. The first-order valence-electron chi connectivity index (χ1n) is 5.70. The first-order valence-corrected chi connectivity index (χ1v) is 7.50. The lowest BCUT2D eigenvalue weighted by Crippen LogP contribution is -1.97. The molecule has 0 saturated heterocycles. The summed E-state index contributed by atoms with van der Waals surface area (Å²) in [6.07, 6.45) is 0.610. The number of carbonyl (C=O) groups is 1. The maximum absolute atomic E-state index is 12.8. The first kappa shape index (κ1) is 14.0. The molecule has 1 N–H and O–H groups in total. The van der Waals surface area contributed by atoms with Crippen LogP contribution < -0.4 is 0 Å². The zero-order chi connectivity index (χ0) is 13.8. The molecule has 1 aromatic heterocycles. The van der Waals surface area contributed by atoms with Crippen molar-refractivity contribution >= 4 is 29.1 Å². The van der Waals surface area contributed by atoms with Crippen molar-refractivity contribution in [3.05, 3.63) is 45.7 Å². The van der Waals surface area contributed by atoms with Gasteiger partial charge in [0.05, 0.1) is 11.4 Å². The van der Waals surface area contributed by atoms with Gasteiger partial charge < -0.3 is 5.11 Å². The van der Waals surface area contributed by atoms with Crippen LogP contribution in [0.15, 0.2) is 29.2 Å². The molecular formula is C13H12FNO2S2. The Labute approximate surface area is 118 Å². The molecule has 0 fully saturated rings. The number of nitrogens with zero attached hydrogens (tertiary/aromatic N) is 1. The first-order chi connectivity index (χ1) is 9.10. The number of hydrogen-bond acceptors (Lipinski definition) is 4. The van der Waals surface area contributed by atoms with E-state index in [1.54, 1.807) is 12.1 Å². The van der Waals surface area contributed by atoms with Crippen LogP contribution in [0.4, 0.5) is 4.39 Å². The van der Waals surface area contributed by atoms with Gasteiger partial charge in [0.1, 0.15) is 15.7 Å². The van der Waals surface area contributed by atoms with Gasteiger partial charge in [0.25, 0.3) is 0 Å². The number of rotatable bonds is 5. The van der Waals surface area contributed by atoms with Gasteiger partial charge in [-0.3, -0.25) is 0 Å². The van der Waals surface area contributed by atoms with E-state index in [2.05, 4.69) is 4.98 Å². The van der Waals surface area contributed by atoms with Gasteiger partial charge >= 0.3 is 5.97 Å². The van der Waals surface area contributed by atoms with Gasteiger partial charge in [-0.1, -0.05) is 6.92 Å². The third-order valence-corrected chi connectivity index (χ3v) is 4.74. The van der Waals surface area contributed by atoms with Crippen molar-refractivity contribution in [3.63, 3.8) is 0 Å². The highest BCUT2D eigenvalue weighted by atomic mass is 32.2. The normalized spacial score (nSPS) is 10.6. The molecule has 0 aliphatic heterocycles. The zero-order valence-electron chi connectivity index (χ0n) is 10.2. The van der Waals surface area contributed by atoms with Crippen LogP contribution in [0, 0.1) is 5.82 Å². The minimum Gasteiger partial charge on any atom is -0.477 e. The molecule has 0 aliphatic rings. The van der Waals surface area contributed by atoms with Gasteiger partial charge in [-0.2, -0.15) is 0 Å². The van der Waals surface area contributed by atoms with E-state index in [9.17, 15) is 9.18 Å². The molecule has 0 saturated carbocycles. The predicted octanol–water partition coefficient (Wildman–Crippen LogP) is 3.84. The molecule has 2 rings (SSSR count). The van der Waals surface area contributed by atoms with E-state index in [4.69, 9.17) is 5.11 Å². The largest absolute Gasteiger partial charge is 0.477 e. The van der Waals surface area contributed by atoms with Crippen LogP contribution in [-0.2, 0) is 12.2 Å². The van der Waals surface area contributed by atoms with E-state index >= 15 is 0 Å². The molecule has 0 radical (unpaired) electrons. The van der Waals surface area contributed by atoms with E-state index < -0.39 is 5.97 Å². The Morgan fingerprint density at radius 1 is 1.42 bits per heavy atom. The molecule has 2 aromatic rings. The van der Waals surface area contributed by atoms with Crippen molar-refractivity contribution in [2.24, 2.45) is 0 Å². The summed E-state index contributed by atoms with van der Waals surface area (Å²) in [4.78, 5) is 16.6. The predicted molar refractivity (Wildman–Crippen MR) is 74.4 cm³/mol. The summed E-state index contributed by atoms with van der Waals surface area (Å²) in [5, 5.41) is 9.83. The summed E-state index contributed by atoms with van der Waals surface area (Å²) < 4.78 is 12.8. The van der Waals surface area contributed by atoms with Crippen molar-refractivity contribution in [3.8, 4) is 0 Å². The Morgan fingerprint density at radius 3 is 2.63 bits per heavy atom. The van der Waals surface area contributed by atoms with Crippen LogP contribution in [0.2, 0.25) is 0 Å². The Morgan fingerprint density at radius 2 is 2.11 bits per heavy atom. The SMILES string of the molecule is CCc1nc(CSc2ccc(F)cc2)sc1C(=O)O. The Kier molecular flexibility index (Phi) is 4.55. The van der Waals surface area contributed by atoms with E-state index in [1.807, 2.05) is 6.92 Å². The average molecular weight is 297 g/mol. The quantitative estimate of drug-likeness (QED) is 0.852. The van der Waals surface area contributed by atoms with Crippen molar-refractivity contribution < 1.29 is 14.3 Å². The fourth-order valence-corrected chi connectivity index (χ4v) is 3.43. The smallest absolute Gasteiger partial charge is 0.347 e. The Hall–Kier alpha value is -1.40. The van der Waals surface area contributed by atoms with Gasteiger partial charge in [0, 0.05) is 4.90 Å². The van der Waals surface area contributed by atoms with Crippen molar-refractivity contribution in [2.45, 2.75) is 24.0 Å². The molecule has 19 heavy (non-hydrogen) atoms. The number of thioether (sulfide) groups is 1. The molecule has 3 nitrogen and oxygen atoms in total. The van der Waals surface area contributed by atoms with E-state index in [0.717, 1.165) is 9.90 Å². The molecule has 1 aromatic carbocycles. The summed E-state index contributed by atoms with van der Waals surface area (Å²) in [5.74, 6) is -0.594. The number of hydrogen-bond donors (Lipinski definition) is 1. The fraction of sp³-hybridized carbons (Fsp3) is 0.231. The third-order valence-electron chi connectivity index (χ3n) is 2.45. The Bertz CT molecular complexity index is 581. The molecule has 0 amide bonds. The van der Waals surface area contributed by atoms with Crippen LogP contribution >= 0.6 is 23.1 Å². The summed E-state index contributed by atoms with van der Waals surface area (Å²) >= 11 is 2.72. The second-order valence-corrected chi connectivity index (χ2v) is 5.92. The van der Waals surface area contributed by atoms with Crippen molar-refractivity contribution in [1.29, 1.82) is 0 Å². The summed E-state index contributed by atoms with van der Waals surface area (Å²) in [7, 11) is 0. The molecular weight excluding hydrogens is 285 g/mol. The summed E-state index contributed by atoms with van der Waals surface area (Å²) in [6.45, 7) is 1.89. The minimum absolute atomic E-state index is 0.264. The fourth-order valence-electron chi connectivity index (χ4n) is 1.55. The van der Waals surface area contributed by atoms with E-state index in [0.29, 0.717) is 22.7 Å². The molecule has 0 aliphatic carbocycles. The lowest BCUT2D eigenvalue weighted by Gasteiger charge is -1.98. The van der Waals surface area contributed by atoms with Gasteiger partial charge in [-0.05, 0) is 30.7 Å². The molecule has 100 valence electrons. The van der Waals surface area contributed by atoms with E-state index in [-0.39, 0.29) is 5.82 Å². The van der Waals surface area contributed by atoms with Crippen LogP contribution in [0.5, 0.6) is 0 Å². The summed E-state index contributed by atoms with van der Waals surface area (Å²) in [5.41, 5.74) is 0.632. The number of aryl methyl sites for hydroxylation is 1. The van der Waals surface area contributed by atoms with Crippen LogP contribution in [-0.4, -0.2) is 16.1 Å². The van der Waals surface area contributed by atoms with Crippen LogP contribution in [0.25, 0.3) is 0 Å². The molecule has 0 atom stereocenters. The highest BCUT2D eigenvalue weighted by molar-refractivity contribution is 7.98. The molecule has 0 unspecified atom stereocenters. The van der Waals surface area contributed by atoms with Crippen molar-refractivity contribution in [2.75, 3.05) is 0 Å². The Balaban J connectivity index is 2.07. The summed E-state index contributed by atoms with van der Waals surface area (Å²) in [6, 6.07) is 6.22. The number of thiazole rings is 1. The third kappa shape index (κ3) is 3.54. The number of aromatic carboxylic acids is 1. The second-order valence-electron chi connectivity index (χ2n) is 3.78. The van der Waals surface area contributed by atoms with Gasteiger partial charge in [-0.25, -0.2) is 14.2 Å². The zero-order valence-corrected chi connectivity index (χ0v) is 11.9. The molecule has 1 heterocycles. The maximum atomic E-state index is 12.8. The van der Waals surface area contributed by atoms with Crippen LogP contribution in [0.3, 0.4) is 0 Å². The number of halogens is 1. The number of benzene rings is 1. The van der Waals surface area contributed by atoms with Gasteiger partial charge in [0.15, 0.2) is 0 Å². The number of carboxylic acids is 1. The monoisotopic (exact) mass is 297 g/mol. The molecule has 6 heteroatoms. The lowest BCUT2D eigenvalue weighted by molar-refractivity contribution is 0.0701. The standard InChI is InChI=1S/C13H12FNO2S2/c1-2-10-12(13(16)17)19-11(15-10)7-18-9-5-3-8(14)4-6-9/h3-6H,2,7H2,1H3,(H,16,17). The number of aromatic nitrogens is 1.